The highest BCUT2D eigenvalue weighted by Gasteiger charge is 2.25. The number of para-hydroxylation sites is 1. The number of H-pyrrole nitrogens is 1. The molecule has 0 saturated heterocycles. The van der Waals surface area contributed by atoms with E-state index < -0.39 is 0 Å². The number of fused-ring (bicyclic) bond motifs is 1. The van der Waals surface area contributed by atoms with Gasteiger partial charge in [-0.05, 0) is 24.8 Å². The smallest absolute Gasteiger partial charge is 0.177 e. The molecule has 2 heterocycles. The molecular formula is C15H20ClN3O2S. The molecule has 0 bridgehead atoms. The summed E-state index contributed by atoms with van der Waals surface area (Å²) in [5.74, 6) is 1.63. The second-order valence-electron chi connectivity index (χ2n) is 5.11. The zero-order chi connectivity index (χ0) is 14.8. The Balaban J connectivity index is 0.00000176. The minimum absolute atomic E-state index is 0. The Morgan fingerprint density at radius 3 is 3.05 bits per heavy atom. The van der Waals surface area contributed by atoms with Gasteiger partial charge in [0.1, 0.15) is 6.61 Å². The maximum Gasteiger partial charge on any atom is 0.177 e. The zero-order valence-corrected chi connectivity index (χ0v) is 14.0. The van der Waals surface area contributed by atoms with Gasteiger partial charge in [0, 0.05) is 30.3 Å². The lowest BCUT2D eigenvalue weighted by molar-refractivity contribution is 0.211. The van der Waals surface area contributed by atoms with Crippen molar-refractivity contribution in [1.82, 2.24) is 9.55 Å². The van der Waals surface area contributed by atoms with Crippen LogP contribution < -0.4 is 15.2 Å². The van der Waals surface area contributed by atoms with Crippen molar-refractivity contribution in [3.63, 3.8) is 0 Å². The van der Waals surface area contributed by atoms with E-state index in [1.807, 2.05) is 18.3 Å². The molecule has 1 atom stereocenters. The van der Waals surface area contributed by atoms with Crippen molar-refractivity contribution < 1.29 is 9.47 Å². The predicted molar refractivity (Wildman–Crippen MR) is 90.9 cm³/mol. The molecule has 0 radical (unpaired) electrons. The van der Waals surface area contributed by atoms with E-state index >= 15 is 0 Å². The molecule has 1 aliphatic rings. The number of nitrogens with zero attached hydrogens (tertiary/aromatic N) is 1. The lowest BCUT2D eigenvalue weighted by atomic mass is 10.0. The molecule has 2 aromatic rings. The van der Waals surface area contributed by atoms with Crippen molar-refractivity contribution in [2.24, 2.45) is 5.73 Å². The van der Waals surface area contributed by atoms with Crippen LogP contribution in [-0.4, -0.2) is 29.8 Å². The number of hydrogen-bond acceptors (Lipinski definition) is 4. The molecule has 120 valence electrons. The Morgan fingerprint density at radius 1 is 1.50 bits per heavy atom. The van der Waals surface area contributed by atoms with Crippen molar-refractivity contribution in [3.05, 3.63) is 40.4 Å². The molecule has 0 amide bonds. The maximum atomic E-state index is 5.93. The first kappa shape index (κ1) is 16.9. The normalized spacial score (nSPS) is 16.4. The standard InChI is InChI=1S/C15H19N3O2S.ClH/c1-19-13-4-2-3-10-7-12(9-20-14(10)13)18-11(5-6-16)8-17-15(18)21;/h2-4,8,12H,5-7,9,16H2,1H3,(H,17,21);1H. The van der Waals surface area contributed by atoms with Gasteiger partial charge in [0.05, 0.1) is 13.2 Å². The molecule has 3 N–H and O–H groups in total. The Morgan fingerprint density at radius 2 is 2.32 bits per heavy atom. The number of hydrogen-bond donors (Lipinski definition) is 2. The van der Waals surface area contributed by atoms with Gasteiger partial charge < -0.3 is 24.8 Å². The topological polar surface area (TPSA) is 65.2 Å². The number of methoxy groups -OCH3 is 1. The predicted octanol–water partition coefficient (Wildman–Crippen LogP) is 2.65. The van der Waals surface area contributed by atoms with E-state index in [4.69, 9.17) is 27.4 Å². The number of ether oxygens (including phenoxy) is 2. The van der Waals surface area contributed by atoms with E-state index in [-0.39, 0.29) is 18.4 Å². The molecule has 1 aromatic heterocycles. The van der Waals surface area contributed by atoms with E-state index in [2.05, 4.69) is 15.6 Å². The number of rotatable bonds is 4. The highest BCUT2D eigenvalue weighted by Crippen LogP contribution is 2.37. The monoisotopic (exact) mass is 341 g/mol. The lowest BCUT2D eigenvalue weighted by Gasteiger charge is -2.28. The average Bonchev–Trinajstić information content (AvgIpc) is 2.87. The van der Waals surface area contributed by atoms with Gasteiger partial charge in [-0.15, -0.1) is 12.4 Å². The number of aromatic nitrogens is 2. The first-order valence-electron chi connectivity index (χ1n) is 7.02. The summed E-state index contributed by atoms with van der Waals surface area (Å²) in [5, 5.41) is 0. The highest BCUT2D eigenvalue weighted by atomic mass is 35.5. The number of nitrogens with one attached hydrogen (secondary N) is 1. The highest BCUT2D eigenvalue weighted by molar-refractivity contribution is 7.71. The summed E-state index contributed by atoms with van der Waals surface area (Å²) in [6.45, 7) is 1.18. The van der Waals surface area contributed by atoms with Crippen LogP contribution in [0.5, 0.6) is 11.5 Å². The molecule has 22 heavy (non-hydrogen) atoms. The van der Waals surface area contributed by atoms with Crippen molar-refractivity contribution in [2.75, 3.05) is 20.3 Å². The van der Waals surface area contributed by atoms with Crippen LogP contribution in [0.1, 0.15) is 17.3 Å². The number of halogens is 1. The summed E-state index contributed by atoms with van der Waals surface area (Å²) in [6, 6.07) is 6.16. The van der Waals surface area contributed by atoms with Gasteiger partial charge in [0.2, 0.25) is 0 Å². The molecular weight excluding hydrogens is 322 g/mol. The third-order valence-electron chi connectivity index (χ3n) is 3.81. The number of benzene rings is 1. The fraction of sp³-hybridized carbons (Fsp3) is 0.400. The van der Waals surface area contributed by atoms with Gasteiger partial charge in [-0.1, -0.05) is 12.1 Å². The molecule has 0 saturated carbocycles. The van der Waals surface area contributed by atoms with Crippen LogP contribution in [0.4, 0.5) is 0 Å². The SMILES string of the molecule is COc1cccc2c1OCC(n1c(CCN)c[nH]c1=S)C2.Cl. The molecule has 0 spiro atoms. The van der Waals surface area contributed by atoms with Gasteiger partial charge in [0.25, 0.3) is 0 Å². The van der Waals surface area contributed by atoms with E-state index in [0.29, 0.717) is 13.2 Å². The van der Waals surface area contributed by atoms with Gasteiger partial charge in [-0.3, -0.25) is 0 Å². The summed E-state index contributed by atoms with van der Waals surface area (Å²) in [4.78, 5) is 3.11. The van der Waals surface area contributed by atoms with Crippen LogP contribution in [-0.2, 0) is 12.8 Å². The maximum absolute atomic E-state index is 5.93. The van der Waals surface area contributed by atoms with Crippen LogP contribution in [0.25, 0.3) is 0 Å². The molecule has 5 nitrogen and oxygen atoms in total. The van der Waals surface area contributed by atoms with Crippen molar-refractivity contribution in [2.45, 2.75) is 18.9 Å². The minimum atomic E-state index is 0. The first-order chi connectivity index (χ1) is 10.2. The van der Waals surface area contributed by atoms with E-state index in [9.17, 15) is 0 Å². The molecule has 0 fully saturated rings. The van der Waals surface area contributed by atoms with Crippen LogP contribution >= 0.6 is 24.6 Å². The lowest BCUT2D eigenvalue weighted by Crippen LogP contribution is -2.26. The Kier molecular flexibility index (Phi) is 5.50. The summed E-state index contributed by atoms with van der Waals surface area (Å²) in [6.07, 6.45) is 3.61. The fourth-order valence-corrected chi connectivity index (χ4v) is 3.19. The second kappa shape index (κ2) is 7.17. The summed E-state index contributed by atoms with van der Waals surface area (Å²) >= 11 is 5.40. The molecule has 1 unspecified atom stereocenters. The number of nitrogens with two attached hydrogens (primary N) is 1. The number of imidazole rings is 1. The average molecular weight is 342 g/mol. The molecule has 7 heteroatoms. The van der Waals surface area contributed by atoms with Crippen LogP contribution in [0.15, 0.2) is 24.4 Å². The Labute approximate surface area is 140 Å². The largest absolute Gasteiger partial charge is 0.493 e. The summed E-state index contributed by atoms with van der Waals surface area (Å²) in [7, 11) is 1.66. The van der Waals surface area contributed by atoms with Crippen molar-refractivity contribution in [3.8, 4) is 11.5 Å². The first-order valence-corrected chi connectivity index (χ1v) is 7.43. The summed E-state index contributed by atoms with van der Waals surface area (Å²) < 4.78 is 14.1. The van der Waals surface area contributed by atoms with Crippen molar-refractivity contribution >= 4 is 24.6 Å². The molecule has 0 aliphatic carbocycles. The molecule has 1 aliphatic heterocycles. The quantitative estimate of drug-likeness (QED) is 0.839. The molecule has 3 rings (SSSR count). The van der Waals surface area contributed by atoms with E-state index in [1.54, 1.807) is 7.11 Å². The van der Waals surface area contributed by atoms with Gasteiger partial charge >= 0.3 is 0 Å². The van der Waals surface area contributed by atoms with E-state index in [0.717, 1.165) is 40.4 Å². The number of aromatic amines is 1. The third kappa shape index (κ3) is 2.99. The van der Waals surface area contributed by atoms with Crippen molar-refractivity contribution in [1.29, 1.82) is 0 Å². The zero-order valence-electron chi connectivity index (χ0n) is 12.4. The minimum Gasteiger partial charge on any atom is -0.493 e. The van der Waals surface area contributed by atoms with Crippen LogP contribution in [0.2, 0.25) is 0 Å². The Bertz CT molecular complexity index is 698. The molecule has 1 aromatic carbocycles. The van der Waals surface area contributed by atoms with Gasteiger partial charge in [-0.2, -0.15) is 0 Å². The van der Waals surface area contributed by atoms with Crippen LogP contribution in [0.3, 0.4) is 0 Å². The van der Waals surface area contributed by atoms with E-state index in [1.165, 1.54) is 0 Å². The Hall–Kier alpha value is -1.50. The fourth-order valence-electron chi connectivity index (χ4n) is 2.86. The second-order valence-corrected chi connectivity index (χ2v) is 5.50. The van der Waals surface area contributed by atoms with Gasteiger partial charge in [0.15, 0.2) is 16.3 Å². The summed E-state index contributed by atoms with van der Waals surface area (Å²) in [5.41, 5.74) is 7.95. The third-order valence-corrected chi connectivity index (χ3v) is 4.13. The van der Waals surface area contributed by atoms with Crippen LogP contribution in [0, 0.1) is 4.77 Å². The van der Waals surface area contributed by atoms with Gasteiger partial charge in [-0.25, -0.2) is 0 Å².